The van der Waals surface area contributed by atoms with Gasteiger partial charge in [0.05, 0.1) is 5.69 Å². The van der Waals surface area contributed by atoms with Gasteiger partial charge in [0.25, 0.3) is 0 Å². The Balaban J connectivity index is 2.38. The zero-order chi connectivity index (χ0) is 11.0. The normalized spacial score (nSPS) is 19.8. The summed E-state index contributed by atoms with van der Waals surface area (Å²) >= 11 is 0. The number of carboxylic acids is 1. The molecule has 2 heterocycles. The van der Waals surface area contributed by atoms with Gasteiger partial charge >= 0.3 is 5.97 Å². The Morgan fingerprint density at radius 2 is 2.47 bits per heavy atom. The fraction of sp³-hybridized carbons (Fsp3) is 0.600. The molecule has 2 rings (SSSR count). The number of aliphatic carboxylic acids is 1. The highest BCUT2D eigenvalue weighted by atomic mass is 16.4. The minimum Gasteiger partial charge on any atom is -0.480 e. The van der Waals surface area contributed by atoms with Crippen LogP contribution < -0.4 is 5.32 Å². The van der Waals surface area contributed by atoms with Crippen molar-refractivity contribution in [1.29, 1.82) is 0 Å². The number of anilines is 1. The first-order valence-electron chi connectivity index (χ1n) is 5.15. The lowest BCUT2D eigenvalue weighted by Crippen LogP contribution is -2.29. The summed E-state index contributed by atoms with van der Waals surface area (Å²) in [7, 11) is 0. The first kappa shape index (κ1) is 10.0. The number of carboxylic acid groups (broad SMARTS) is 1. The molecule has 0 amide bonds. The Morgan fingerprint density at radius 3 is 3.07 bits per heavy atom. The Labute approximate surface area is 88.1 Å². The van der Waals surface area contributed by atoms with Crippen LogP contribution in [0.1, 0.15) is 37.9 Å². The van der Waals surface area contributed by atoms with E-state index < -0.39 is 12.0 Å². The lowest BCUT2D eigenvalue weighted by molar-refractivity contribution is -0.141. The van der Waals surface area contributed by atoms with E-state index in [1.165, 1.54) is 0 Å². The summed E-state index contributed by atoms with van der Waals surface area (Å²) in [6.07, 6.45) is 0.585. The molecule has 2 N–H and O–H groups in total. The molecular formula is C10H15N3O2. The van der Waals surface area contributed by atoms with Crippen molar-refractivity contribution in [1.82, 2.24) is 9.78 Å². The van der Waals surface area contributed by atoms with E-state index in [1.54, 1.807) is 4.68 Å². The van der Waals surface area contributed by atoms with Gasteiger partial charge in [-0.1, -0.05) is 13.8 Å². The molecule has 1 aliphatic rings. The number of nitrogens with zero attached hydrogens (tertiary/aromatic N) is 2. The molecule has 1 aromatic heterocycles. The maximum absolute atomic E-state index is 11.0. The molecule has 0 saturated heterocycles. The smallest absolute Gasteiger partial charge is 0.328 e. The first-order chi connectivity index (χ1) is 7.09. The quantitative estimate of drug-likeness (QED) is 0.773. The maximum Gasteiger partial charge on any atom is 0.328 e. The highest BCUT2D eigenvalue weighted by Crippen LogP contribution is 2.26. The number of hydrogen-bond donors (Lipinski definition) is 2. The van der Waals surface area contributed by atoms with Crippen molar-refractivity contribution in [2.75, 3.05) is 11.9 Å². The second kappa shape index (κ2) is 3.56. The molecule has 5 heteroatoms. The van der Waals surface area contributed by atoms with Crippen LogP contribution >= 0.6 is 0 Å². The number of rotatable bonds is 2. The molecule has 1 aliphatic heterocycles. The van der Waals surface area contributed by atoms with E-state index in [0.29, 0.717) is 18.9 Å². The highest BCUT2D eigenvalue weighted by molar-refractivity contribution is 5.73. The molecule has 0 aromatic carbocycles. The largest absolute Gasteiger partial charge is 0.480 e. The third kappa shape index (κ3) is 1.69. The van der Waals surface area contributed by atoms with E-state index in [2.05, 4.69) is 10.4 Å². The average molecular weight is 209 g/mol. The van der Waals surface area contributed by atoms with Crippen LogP contribution in [-0.2, 0) is 4.79 Å². The fourth-order valence-electron chi connectivity index (χ4n) is 1.75. The minimum absolute atomic E-state index is 0.319. The van der Waals surface area contributed by atoms with E-state index in [1.807, 2.05) is 19.9 Å². The molecule has 1 atom stereocenters. The summed E-state index contributed by atoms with van der Waals surface area (Å²) in [5.74, 6) is 0.327. The molecule has 82 valence electrons. The molecule has 0 fully saturated rings. The second-order valence-corrected chi connectivity index (χ2v) is 4.12. The molecule has 1 aromatic rings. The van der Waals surface area contributed by atoms with Gasteiger partial charge in [0.15, 0.2) is 6.04 Å². The van der Waals surface area contributed by atoms with Crippen LogP contribution in [0.5, 0.6) is 0 Å². The van der Waals surface area contributed by atoms with Crippen molar-refractivity contribution in [2.45, 2.75) is 32.2 Å². The van der Waals surface area contributed by atoms with Crippen molar-refractivity contribution >= 4 is 11.8 Å². The molecule has 0 spiro atoms. The summed E-state index contributed by atoms with van der Waals surface area (Å²) < 4.78 is 1.58. The van der Waals surface area contributed by atoms with Gasteiger partial charge in [-0.15, -0.1) is 0 Å². The van der Waals surface area contributed by atoms with Crippen LogP contribution in [0.2, 0.25) is 0 Å². The standard InChI is InChI=1S/C10H15N3O2/c1-6(2)7-5-9-11-4-3-8(10(14)15)13(9)12-7/h5-6,8,11H,3-4H2,1-2H3,(H,14,15). The minimum atomic E-state index is -0.809. The Hall–Kier alpha value is -1.52. The van der Waals surface area contributed by atoms with Crippen molar-refractivity contribution < 1.29 is 9.90 Å². The lowest BCUT2D eigenvalue weighted by atomic mass is 10.1. The van der Waals surface area contributed by atoms with Gasteiger partial charge in [-0.3, -0.25) is 0 Å². The van der Waals surface area contributed by atoms with Crippen molar-refractivity contribution in [3.8, 4) is 0 Å². The van der Waals surface area contributed by atoms with E-state index in [-0.39, 0.29) is 0 Å². The zero-order valence-corrected chi connectivity index (χ0v) is 8.90. The molecule has 0 aliphatic carbocycles. The summed E-state index contributed by atoms with van der Waals surface area (Å²) in [5, 5.41) is 16.5. The van der Waals surface area contributed by atoms with Crippen LogP contribution in [-0.4, -0.2) is 27.4 Å². The van der Waals surface area contributed by atoms with Gasteiger partial charge in [0.2, 0.25) is 0 Å². The number of aromatic nitrogens is 2. The van der Waals surface area contributed by atoms with Gasteiger partial charge in [-0.05, 0) is 12.3 Å². The topological polar surface area (TPSA) is 67.2 Å². The van der Waals surface area contributed by atoms with Gasteiger partial charge in [-0.25, -0.2) is 9.48 Å². The van der Waals surface area contributed by atoms with Crippen molar-refractivity contribution in [2.24, 2.45) is 0 Å². The molecule has 0 radical (unpaired) electrons. The van der Waals surface area contributed by atoms with E-state index in [0.717, 1.165) is 11.5 Å². The molecule has 5 nitrogen and oxygen atoms in total. The molecule has 15 heavy (non-hydrogen) atoms. The van der Waals surface area contributed by atoms with Crippen LogP contribution in [0.4, 0.5) is 5.82 Å². The third-order valence-electron chi connectivity index (χ3n) is 2.65. The first-order valence-corrected chi connectivity index (χ1v) is 5.15. The molecule has 1 unspecified atom stereocenters. The van der Waals surface area contributed by atoms with E-state index in [9.17, 15) is 4.79 Å². The number of hydrogen-bond acceptors (Lipinski definition) is 3. The van der Waals surface area contributed by atoms with Crippen molar-refractivity contribution in [3.63, 3.8) is 0 Å². The van der Waals surface area contributed by atoms with Crippen LogP contribution in [0.3, 0.4) is 0 Å². The van der Waals surface area contributed by atoms with Crippen LogP contribution in [0, 0.1) is 0 Å². The van der Waals surface area contributed by atoms with Gasteiger partial charge in [0.1, 0.15) is 5.82 Å². The summed E-state index contributed by atoms with van der Waals surface area (Å²) in [6, 6.07) is 1.41. The number of carbonyl (C=O) groups is 1. The van der Waals surface area contributed by atoms with Crippen LogP contribution in [0.25, 0.3) is 0 Å². The molecule has 0 bridgehead atoms. The summed E-state index contributed by atoms with van der Waals surface area (Å²) in [4.78, 5) is 11.0. The SMILES string of the molecule is CC(C)c1cc2n(n1)C(C(=O)O)CCN2. The average Bonchev–Trinajstić information content (AvgIpc) is 2.60. The third-order valence-corrected chi connectivity index (χ3v) is 2.65. The Kier molecular flexibility index (Phi) is 2.38. The predicted molar refractivity (Wildman–Crippen MR) is 56.1 cm³/mol. The van der Waals surface area contributed by atoms with Gasteiger partial charge in [-0.2, -0.15) is 5.10 Å². The highest BCUT2D eigenvalue weighted by Gasteiger charge is 2.27. The molecular weight excluding hydrogens is 194 g/mol. The Morgan fingerprint density at radius 1 is 1.73 bits per heavy atom. The predicted octanol–water partition coefficient (Wildman–Crippen LogP) is 1.45. The Bertz CT molecular complexity index is 384. The number of nitrogens with one attached hydrogen (secondary N) is 1. The summed E-state index contributed by atoms with van der Waals surface area (Å²) in [5.41, 5.74) is 0.936. The van der Waals surface area contributed by atoms with Gasteiger partial charge < -0.3 is 10.4 Å². The van der Waals surface area contributed by atoms with Gasteiger partial charge in [0, 0.05) is 12.6 Å². The maximum atomic E-state index is 11.0. The monoisotopic (exact) mass is 209 g/mol. The van der Waals surface area contributed by atoms with E-state index in [4.69, 9.17) is 5.11 Å². The van der Waals surface area contributed by atoms with Crippen LogP contribution in [0.15, 0.2) is 6.07 Å². The number of fused-ring (bicyclic) bond motifs is 1. The van der Waals surface area contributed by atoms with Crippen molar-refractivity contribution in [3.05, 3.63) is 11.8 Å². The summed E-state index contributed by atoms with van der Waals surface area (Å²) in [6.45, 7) is 4.79. The lowest BCUT2D eigenvalue weighted by Gasteiger charge is -2.21. The second-order valence-electron chi connectivity index (χ2n) is 4.12. The molecule has 0 saturated carbocycles. The zero-order valence-electron chi connectivity index (χ0n) is 8.90. The fourth-order valence-corrected chi connectivity index (χ4v) is 1.75. The van der Waals surface area contributed by atoms with E-state index >= 15 is 0 Å².